The number of methoxy groups -OCH3 is 1. The number of nitrogens with one attached hydrogen (secondary N) is 1. The summed E-state index contributed by atoms with van der Waals surface area (Å²) in [5.74, 6) is 0.716. The number of ether oxygens (including phenoxy) is 2. The van der Waals surface area contributed by atoms with Crippen LogP contribution in [0, 0.1) is 5.92 Å². The highest BCUT2D eigenvalue weighted by Crippen LogP contribution is 2.23. The summed E-state index contributed by atoms with van der Waals surface area (Å²) in [5, 5.41) is 3.48. The third-order valence-electron chi connectivity index (χ3n) is 4.42. The summed E-state index contributed by atoms with van der Waals surface area (Å²) in [6.07, 6.45) is 5.91. The fraction of sp³-hybridized carbons (Fsp3) is 1.00. The molecule has 0 aliphatic carbocycles. The van der Waals surface area contributed by atoms with Crippen molar-refractivity contribution < 1.29 is 9.47 Å². The molecule has 0 bridgehead atoms. The maximum Gasteiger partial charge on any atom is 0.0707 e. The first kappa shape index (κ1) is 16.2. The lowest BCUT2D eigenvalue weighted by Crippen LogP contribution is -2.41. The molecule has 2 heterocycles. The van der Waals surface area contributed by atoms with E-state index in [0.29, 0.717) is 24.2 Å². The summed E-state index contributed by atoms with van der Waals surface area (Å²) in [5.41, 5.74) is 0. The van der Waals surface area contributed by atoms with Crippen LogP contribution in [0.2, 0.25) is 0 Å². The van der Waals surface area contributed by atoms with Crippen LogP contribution < -0.4 is 5.32 Å². The average Bonchev–Trinajstić information content (AvgIpc) is 2.85. The van der Waals surface area contributed by atoms with Crippen molar-refractivity contribution in [2.45, 2.75) is 57.8 Å². The highest BCUT2D eigenvalue weighted by Gasteiger charge is 2.28. The number of rotatable bonds is 7. The number of piperidine rings is 1. The molecule has 3 unspecified atom stereocenters. The monoisotopic (exact) mass is 284 g/mol. The van der Waals surface area contributed by atoms with E-state index in [9.17, 15) is 0 Å². The van der Waals surface area contributed by atoms with Crippen LogP contribution in [0.5, 0.6) is 0 Å². The molecular weight excluding hydrogens is 252 g/mol. The zero-order valence-corrected chi connectivity index (χ0v) is 13.4. The smallest absolute Gasteiger partial charge is 0.0707 e. The van der Waals surface area contributed by atoms with Gasteiger partial charge in [0.15, 0.2) is 0 Å². The quantitative estimate of drug-likeness (QED) is 0.774. The first-order valence-corrected chi connectivity index (χ1v) is 8.27. The van der Waals surface area contributed by atoms with E-state index >= 15 is 0 Å². The lowest BCUT2D eigenvalue weighted by atomic mass is 9.98. The summed E-state index contributed by atoms with van der Waals surface area (Å²) in [7, 11) is 1.81. The Labute approximate surface area is 124 Å². The molecule has 2 fully saturated rings. The molecule has 0 amide bonds. The van der Waals surface area contributed by atoms with E-state index in [4.69, 9.17) is 9.47 Å². The van der Waals surface area contributed by atoms with Crippen LogP contribution in [0.15, 0.2) is 0 Å². The highest BCUT2D eigenvalue weighted by atomic mass is 16.5. The van der Waals surface area contributed by atoms with Gasteiger partial charge in [0.25, 0.3) is 0 Å². The van der Waals surface area contributed by atoms with Crippen molar-refractivity contribution in [3.05, 3.63) is 0 Å². The van der Waals surface area contributed by atoms with Crippen molar-refractivity contribution in [1.29, 1.82) is 0 Å². The molecule has 3 atom stereocenters. The fourth-order valence-corrected chi connectivity index (χ4v) is 3.41. The van der Waals surface area contributed by atoms with Gasteiger partial charge < -0.3 is 19.7 Å². The Bertz CT molecular complexity index is 271. The van der Waals surface area contributed by atoms with Crippen LogP contribution in [-0.4, -0.2) is 63.0 Å². The van der Waals surface area contributed by atoms with Crippen LogP contribution in [0.25, 0.3) is 0 Å². The van der Waals surface area contributed by atoms with Gasteiger partial charge in [-0.2, -0.15) is 0 Å². The molecule has 0 aromatic rings. The second-order valence-electron chi connectivity index (χ2n) is 6.74. The Morgan fingerprint density at radius 3 is 2.80 bits per heavy atom. The van der Waals surface area contributed by atoms with E-state index in [0.717, 1.165) is 19.7 Å². The van der Waals surface area contributed by atoms with Crippen molar-refractivity contribution >= 4 is 0 Å². The SMILES string of the molecule is COCC1CCCN(CC2CCC(CNC(C)C)O2)C1. The Morgan fingerprint density at radius 2 is 2.05 bits per heavy atom. The molecule has 0 spiro atoms. The third kappa shape index (κ3) is 5.32. The summed E-state index contributed by atoms with van der Waals surface area (Å²) in [4.78, 5) is 2.58. The molecule has 118 valence electrons. The van der Waals surface area contributed by atoms with Crippen molar-refractivity contribution in [2.24, 2.45) is 5.92 Å². The summed E-state index contributed by atoms with van der Waals surface area (Å²) >= 11 is 0. The van der Waals surface area contributed by atoms with Crippen LogP contribution in [-0.2, 0) is 9.47 Å². The minimum absolute atomic E-state index is 0.418. The molecule has 2 aliphatic heterocycles. The summed E-state index contributed by atoms with van der Waals surface area (Å²) in [6, 6.07) is 0.551. The molecule has 1 N–H and O–H groups in total. The molecule has 0 aromatic heterocycles. The molecule has 2 rings (SSSR count). The maximum atomic E-state index is 6.17. The van der Waals surface area contributed by atoms with Crippen molar-refractivity contribution in [2.75, 3.05) is 39.9 Å². The molecule has 0 radical (unpaired) electrons. The van der Waals surface area contributed by atoms with Gasteiger partial charge in [-0.3, -0.25) is 0 Å². The van der Waals surface area contributed by atoms with Crippen LogP contribution in [0.4, 0.5) is 0 Å². The molecule has 0 saturated carbocycles. The van der Waals surface area contributed by atoms with Crippen LogP contribution >= 0.6 is 0 Å². The van der Waals surface area contributed by atoms with Gasteiger partial charge in [-0.1, -0.05) is 13.8 Å². The molecule has 2 aliphatic rings. The van der Waals surface area contributed by atoms with E-state index < -0.39 is 0 Å². The lowest BCUT2D eigenvalue weighted by molar-refractivity contribution is 0.00823. The minimum atomic E-state index is 0.418. The zero-order chi connectivity index (χ0) is 14.4. The predicted octanol–water partition coefficient (Wildman–Crippen LogP) is 1.89. The van der Waals surface area contributed by atoms with Crippen LogP contribution in [0.1, 0.15) is 39.5 Å². The zero-order valence-electron chi connectivity index (χ0n) is 13.4. The Balaban J connectivity index is 1.66. The number of hydrogen-bond donors (Lipinski definition) is 1. The Hall–Kier alpha value is -0.160. The fourth-order valence-electron chi connectivity index (χ4n) is 3.41. The molecule has 0 aromatic carbocycles. The van der Waals surface area contributed by atoms with Gasteiger partial charge in [0.05, 0.1) is 18.8 Å². The van der Waals surface area contributed by atoms with Gasteiger partial charge in [-0.05, 0) is 38.1 Å². The molecule has 4 nitrogen and oxygen atoms in total. The molecule has 2 saturated heterocycles. The van der Waals surface area contributed by atoms with E-state index in [1.54, 1.807) is 0 Å². The topological polar surface area (TPSA) is 33.7 Å². The van der Waals surface area contributed by atoms with Crippen molar-refractivity contribution in [3.8, 4) is 0 Å². The molecule has 4 heteroatoms. The number of nitrogens with zero attached hydrogens (tertiary/aromatic N) is 1. The molecule has 20 heavy (non-hydrogen) atoms. The van der Waals surface area contributed by atoms with Gasteiger partial charge in [0.2, 0.25) is 0 Å². The van der Waals surface area contributed by atoms with E-state index in [1.807, 2.05) is 7.11 Å². The van der Waals surface area contributed by atoms with E-state index in [-0.39, 0.29) is 0 Å². The minimum Gasteiger partial charge on any atom is -0.384 e. The first-order valence-electron chi connectivity index (χ1n) is 8.27. The van der Waals surface area contributed by atoms with Gasteiger partial charge in [-0.15, -0.1) is 0 Å². The number of likely N-dealkylation sites (tertiary alicyclic amines) is 1. The van der Waals surface area contributed by atoms with Crippen molar-refractivity contribution in [3.63, 3.8) is 0 Å². The Morgan fingerprint density at radius 1 is 1.25 bits per heavy atom. The predicted molar refractivity (Wildman–Crippen MR) is 82.1 cm³/mol. The maximum absolute atomic E-state index is 6.17. The number of hydrogen-bond acceptors (Lipinski definition) is 4. The lowest BCUT2D eigenvalue weighted by Gasteiger charge is -2.33. The third-order valence-corrected chi connectivity index (χ3v) is 4.42. The van der Waals surface area contributed by atoms with E-state index in [1.165, 1.54) is 38.8 Å². The van der Waals surface area contributed by atoms with Crippen LogP contribution in [0.3, 0.4) is 0 Å². The van der Waals surface area contributed by atoms with Gasteiger partial charge in [0.1, 0.15) is 0 Å². The normalized spacial score (nSPS) is 32.1. The van der Waals surface area contributed by atoms with Crippen molar-refractivity contribution in [1.82, 2.24) is 10.2 Å². The van der Waals surface area contributed by atoms with Gasteiger partial charge in [-0.25, -0.2) is 0 Å². The Kier molecular flexibility index (Phi) is 6.75. The highest BCUT2D eigenvalue weighted by molar-refractivity contribution is 4.81. The summed E-state index contributed by atoms with van der Waals surface area (Å²) in [6.45, 7) is 9.81. The van der Waals surface area contributed by atoms with E-state index in [2.05, 4.69) is 24.1 Å². The first-order chi connectivity index (χ1) is 9.67. The largest absolute Gasteiger partial charge is 0.384 e. The second kappa shape index (κ2) is 8.32. The molecular formula is C16H32N2O2. The average molecular weight is 284 g/mol. The second-order valence-corrected chi connectivity index (χ2v) is 6.74. The van der Waals surface area contributed by atoms with Gasteiger partial charge in [0, 0.05) is 32.8 Å². The van der Waals surface area contributed by atoms with Gasteiger partial charge >= 0.3 is 0 Å². The summed E-state index contributed by atoms with van der Waals surface area (Å²) < 4.78 is 11.5. The standard InChI is InChI=1S/C16H32N2O2/c1-13(2)17-9-15-6-7-16(20-15)11-18-8-4-5-14(10-18)12-19-3/h13-17H,4-12H2,1-3H3.